The third-order valence-electron chi connectivity index (χ3n) is 2.49. The fourth-order valence-electron chi connectivity index (χ4n) is 1.74. The van der Waals surface area contributed by atoms with Gasteiger partial charge in [0.25, 0.3) is 0 Å². The van der Waals surface area contributed by atoms with E-state index in [1.807, 2.05) is 25.7 Å². The summed E-state index contributed by atoms with van der Waals surface area (Å²) >= 11 is 0. The maximum absolute atomic E-state index is 11.6. The minimum absolute atomic E-state index is 0.123. The maximum Gasteiger partial charge on any atom is 0.315 e. The molecule has 0 aliphatic carbocycles. The summed E-state index contributed by atoms with van der Waals surface area (Å²) in [5.41, 5.74) is -0.208. The lowest BCUT2D eigenvalue weighted by atomic mass is 10.1. The predicted molar refractivity (Wildman–Crippen MR) is 64.8 cm³/mol. The summed E-state index contributed by atoms with van der Waals surface area (Å²) in [5.74, 6) is 0.570. The van der Waals surface area contributed by atoms with E-state index in [2.05, 4.69) is 10.6 Å². The van der Waals surface area contributed by atoms with Crippen LogP contribution >= 0.6 is 0 Å². The van der Waals surface area contributed by atoms with E-state index < -0.39 is 0 Å². The van der Waals surface area contributed by atoms with Gasteiger partial charge in [-0.25, -0.2) is 4.79 Å². The van der Waals surface area contributed by atoms with Gasteiger partial charge in [0.15, 0.2) is 0 Å². The number of likely N-dealkylation sites (tertiary alicyclic amines) is 1. The molecule has 1 rings (SSSR count). The van der Waals surface area contributed by atoms with E-state index >= 15 is 0 Å². The number of carbonyl (C=O) groups excluding carboxylic acids is 1. The number of nitrogens with one attached hydrogen (secondary N) is 3. The summed E-state index contributed by atoms with van der Waals surface area (Å²) in [7, 11) is 0. The fraction of sp³-hybridized carbons (Fsp3) is 0.818. The molecule has 1 aliphatic heterocycles. The molecule has 0 radical (unpaired) electrons. The van der Waals surface area contributed by atoms with Crippen LogP contribution < -0.4 is 10.6 Å². The highest BCUT2D eigenvalue weighted by molar-refractivity contribution is 5.77. The molecular weight excluding hydrogens is 204 g/mol. The quantitative estimate of drug-likeness (QED) is 0.464. The van der Waals surface area contributed by atoms with Crippen LogP contribution in [0.3, 0.4) is 0 Å². The molecule has 1 fully saturated rings. The first kappa shape index (κ1) is 12.8. The molecule has 1 saturated heterocycles. The van der Waals surface area contributed by atoms with Gasteiger partial charge in [-0.15, -0.1) is 0 Å². The van der Waals surface area contributed by atoms with E-state index in [1.165, 1.54) is 0 Å². The molecule has 0 spiro atoms. The van der Waals surface area contributed by atoms with Gasteiger partial charge in [-0.3, -0.25) is 5.41 Å². The molecule has 5 nitrogen and oxygen atoms in total. The molecule has 2 amide bonds. The Balaban J connectivity index is 2.34. The Morgan fingerprint density at radius 2 is 2.06 bits per heavy atom. The zero-order valence-electron chi connectivity index (χ0n) is 10.6. The summed E-state index contributed by atoms with van der Waals surface area (Å²) in [5, 5.41) is 13.3. The van der Waals surface area contributed by atoms with Crippen LogP contribution in [-0.2, 0) is 0 Å². The van der Waals surface area contributed by atoms with Gasteiger partial charge >= 0.3 is 6.03 Å². The SMILES string of the molecule is CC(=N)N1CC[C@@H](NC(=O)NC(C)(C)C)C1. The Morgan fingerprint density at radius 3 is 2.50 bits per heavy atom. The number of nitrogens with zero attached hydrogens (tertiary/aromatic N) is 1. The van der Waals surface area contributed by atoms with Gasteiger partial charge in [-0.2, -0.15) is 0 Å². The molecule has 92 valence electrons. The Kier molecular flexibility index (Phi) is 3.78. The Morgan fingerprint density at radius 1 is 1.44 bits per heavy atom. The molecule has 0 unspecified atom stereocenters. The van der Waals surface area contributed by atoms with Crippen LogP contribution in [0.4, 0.5) is 4.79 Å². The van der Waals surface area contributed by atoms with Gasteiger partial charge in [-0.1, -0.05) is 0 Å². The van der Waals surface area contributed by atoms with Crippen molar-refractivity contribution in [1.82, 2.24) is 15.5 Å². The number of urea groups is 1. The molecule has 1 aliphatic rings. The normalized spacial score (nSPS) is 20.8. The number of hydrogen-bond donors (Lipinski definition) is 3. The second-order valence-corrected chi connectivity index (χ2v) is 5.37. The monoisotopic (exact) mass is 226 g/mol. The van der Waals surface area contributed by atoms with E-state index in [1.54, 1.807) is 6.92 Å². The van der Waals surface area contributed by atoms with Crippen LogP contribution in [0.15, 0.2) is 0 Å². The zero-order valence-corrected chi connectivity index (χ0v) is 10.6. The Labute approximate surface area is 97.1 Å². The molecule has 0 aromatic rings. The van der Waals surface area contributed by atoms with E-state index in [9.17, 15) is 4.79 Å². The number of amidine groups is 1. The van der Waals surface area contributed by atoms with Crippen LogP contribution in [0.25, 0.3) is 0 Å². The second kappa shape index (κ2) is 4.72. The van der Waals surface area contributed by atoms with Gasteiger partial charge in [-0.05, 0) is 34.1 Å². The largest absolute Gasteiger partial charge is 0.359 e. The fourth-order valence-corrected chi connectivity index (χ4v) is 1.74. The minimum atomic E-state index is -0.208. The summed E-state index contributed by atoms with van der Waals surface area (Å²) < 4.78 is 0. The summed E-state index contributed by atoms with van der Waals surface area (Å²) in [4.78, 5) is 13.6. The molecular formula is C11H22N4O. The van der Waals surface area contributed by atoms with Crippen molar-refractivity contribution >= 4 is 11.9 Å². The van der Waals surface area contributed by atoms with Crippen LogP contribution in [0, 0.1) is 5.41 Å². The van der Waals surface area contributed by atoms with Crippen molar-refractivity contribution in [2.24, 2.45) is 0 Å². The molecule has 1 atom stereocenters. The van der Waals surface area contributed by atoms with Gasteiger partial charge < -0.3 is 15.5 Å². The lowest BCUT2D eigenvalue weighted by Gasteiger charge is -2.23. The summed E-state index contributed by atoms with van der Waals surface area (Å²) in [6.07, 6.45) is 0.910. The minimum Gasteiger partial charge on any atom is -0.359 e. The van der Waals surface area contributed by atoms with Crippen molar-refractivity contribution in [1.29, 1.82) is 5.41 Å². The van der Waals surface area contributed by atoms with E-state index in [4.69, 9.17) is 5.41 Å². The first-order valence-electron chi connectivity index (χ1n) is 5.67. The summed E-state index contributed by atoms with van der Waals surface area (Å²) in [6.45, 7) is 9.24. The third-order valence-corrected chi connectivity index (χ3v) is 2.49. The number of hydrogen-bond acceptors (Lipinski definition) is 2. The second-order valence-electron chi connectivity index (χ2n) is 5.37. The molecule has 1 heterocycles. The molecule has 3 N–H and O–H groups in total. The smallest absolute Gasteiger partial charge is 0.315 e. The average Bonchev–Trinajstić information content (AvgIpc) is 2.48. The van der Waals surface area contributed by atoms with E-state index in [-0.39, 0.29) is 17.6 Å². The van der Waals surface area contributed by atoms with Crippen LogP contribution in [0.2, 0.25) is 0 Å². The molecule has 0 aromatic carbocycles. The number of rotatable bonds is 1. The first-order chi connectivity index (χ1) is 7.28. The average molecular weight is 226 g/mol. The standard InChI is InChI=1S/C11H22N4O/c1-8(12)15-6-5-9(7-15)13-10(16)14-11(2,3)4/h9,12H,5-7H2,1-4H3,(H2,13,14,16)/t9-/m1/s1. The van der Waals surface area contributed by atoms with Gasteiger partial charge in [0.2, 0.25) is 0 Å². The predicted octanol–water partition coefficient (Wildman–Crippen LogP) is 1.16. The highest BCUT2D eigenvalue weighted by Crippen LogP contribution is 2.09. The summed E-state index contributed by atoms with van der Waals surface area (Å²) in [6, 6.07) is 0.0321. The molecule has 0 saturated carbocycles. The molecule has 0 bridgehead atoms. The third kappa shape index (κ3) is 4.08. The van der Waals surface area contributed by atoms with Crippen molar-refractivity contribution in [3.63, 3.8) is 0 Å². The van der Waals surface area contributed by atoms with E-state index in [0.717, 1.165) is 19.5 Å². The number of carbonyl (C=O) groups is 1. The van der Waals surface area contributed by atoms with Gasteiger partial charge in [0.1, 0.15) is 0 Å². The van der Waals surface area contributed by atoms with E-state index in [0.29, 0.717) is 5.84 Å². The van der Waals surface area contributed by atoms with Crippen LogP contribution in [-0.4, -0.2) is 41.4 Å². The van der Waals surface area contributed by atoms with Gasteiger partial charge in [0, 0.05) is 24.7 Å². The Bertz CT molecular complexity index is 282. The van der Waals surface area contributed by atoms with Crippen molar-refractivity contribution in [2.75, 3.05) is 13.1 Å². The zero-order chi connectivity index (χ0) is 12.3. The van der Waals surface area contributed by atoms with Crippen molar-refractivity contribution < 1.29 is 4.79 Å². The molecule has 16 heavy (non-hydrogen) atoms. The molecule has 5 heteroatoms. The first-order valence-corrected chi connectivity index (χ1v) is 5.67. The lowest BCUT2D eigenvalue weighted by molar-refractivity contribution is 0.228. The van der Waals surface area contributed by atoms with Crippen molar-refractivity contribution in [2.45, 2.75) is 45.7 Å². The number of amides is 2. The maximum atomic E-state index is 11.6. The topological polar surface area (TPSA) is 68.2 Å². The van der Waals surface area contributed by atoms with Crippen LogP contribution in [0.5, 0.6) is 0 Å². The highest BCUT2D eigenvalue weighted by atomic mass is 16.2. The molecule has 0 aromatic heterocycles. The Hall–Kier alpha value is -1.26. The van der Waals surface area contributed by atoms with Crippen molar-refractivity contribution in [3.8, 4) is 0 Å². The van der Waals surface area contributed by atoms with Crippen LogP contribution in [0.1, 0.15) is 34.1 Å². The van der Waals surface area contributed by atoms with Crippen molar-refractivity contribution in [3.05, 3.63) is 0 Å². The lowest BCUT2D eigenvalue weighted by Crippen LogP contribution is -2.50. The van der Waals surface area contributed by atoms with Gasteiger partial charge in [0.05, 0.1) is 5.84 Å². The highest BCUT2D eigenvalue weighted by Gasteiger charge is 2.25.